The molecule has 20 heavy (non-hydrogen) atoms. The van der Waals surface area contributed by atoms with Gasteiger partial charge >= 0.3 is 0 Å². The van der Waals surface area contributed by atoms with E-state index in [1.807, 2.05) is 30.3 Å². The number of fused-ring (bicyclic) bond motifs is 1. The molecule has 0 bridgehead atoms. The summed E-state index contributed by atoms with van der Waals surface area (Å²) in [6.07, 6.45) is 1.77. The Balaban J connectivity index is 1.70. The minimum atomic E-state index is -0.723. The molecule has 2 heteroatoms. The molecule has 2 aromatic rings. The van der Waals surface area contributed by atoms with Crippen LogP contribution < -0.4 is 5.32 Å². The van der Waals surface area contributed by atoms with Crippen LogP contribution >= 0.6 is 0 Å². The van der Waals surface area contributed by atoms with Gasteiger partial charge in [0.1, 0.15) is 5.60 Å². The minimum Gasteiger partial charge on any atom is -0.384 e. The first-order valence-corrected chi connectivity index (χ1v) is 7.28. The Kier molecular flexibility index (Phi) is 3.60. The van der Waals surface area contributed by atoms with E-state index in [0.717, 1.165) is 18.4 Å². The first-order valence-electron chi connectivity index (χ1n) is 7.28. The molecule has 0 saturated carbocycles. The molecule has 2 N–H and O–H groups in total. The van der Waals surface area contributed by atoms with E-state index in [0.29, 0.717) is 6.54 Å². The molecule has 0 fully saturated rings. The number of nitrogens with one attached hydrogen (secondary N) is 1. The normalized spacial score (nSPS) is 22.5. The molecule has 1 aliphatic rings. The van der Waals surface area contributed by atoms with Gasteiger partial charge in [-0.1, -0.05) is 54.6 Å². The molecule has 2 nitrogen and oxygen atoms in total. The third-order valence-electron chi connectivity index (χ3n) is 4.33. The van der Waals surface area contributed by atoms with E-state index in [9.17, 15) is 5.11 Å². The molecule has 1 aliphatic carbocycles. The summed E-state index contributed by atoms with van der Waals surface area (Å²) < 4.78 is 0. The maximum atomic E-state index is 10.9. The zero-order valence-electron chi connectivity index (χ0n) is 11.8. The number of benzene rings is 2. The van der Waals surface area contributed by atoms with Gasteiger partial charge in [-0.15, -0.1) is 0 Å². The van der Waals surface area contributed by atoms with Gasteiger partial charge in [-0.2, -0.15) is 0 Å². The number of aliphatic hydroxyl groups is 1. The van der Waals surface area contributed by atoms with Crippen LogP contribution in [0.15, 0.2) is 54.6 Å². The van der Waals surface area contributed by atoms with Gasteiger partial charge in [-0.25, -0.2) is 0 Å². The maximum absolute atomic E-state index is 10.9. The summed E-state index contributed by atoms with van der Waals surface area (Å²) in [6, 6.07) is 18.8. The largest absolute Gasteiger partial charge is 0.384 e. The Labute approximate surface area is 120 Å². The van der Waals surface area contributed by atoms with Crippen molar-refractivity contribution in [1.29, 1.82) is 0 Å². The van der Waals surface area contributed by atoms with Crippen molar-refractivity contribution in [3.05, 3.63) is 71.3 Å². The molecular weight excluding hydrogens is 246 g/mol. The van der Waals surface area contributed by atoms with Crippen LogP contribution in [-0.2, 0) is 12.0 Å². The van der Waals surface area contributed by atoms with E-state index in [4.69, 9.17) is 0 Å². The summed E-state index contributed by atoms with van der Waals surface area (Å²) >= 11 is 0. The quantitative estimate of drug-likeness (QED) is 0.892. The van der Waals surface area contributed by atoms with Gasteiger partial charge in [0.2, 0.25) is 0 Å². The average Bonchev–Trinajstić information content (AvgIpc) is 2.84. The van der Waals surface area contributed by atoms with Crippen molar-refractivity contribution in [2.24, 2.45) is 0 Å². The van der Waals surface area contributed by atoms with Crippen molar-refractivity contribution in [2.45, 2.75) is 31.4 Å². The second-order valence-corrected chi connectivity index (χ2v) is 5.70. The molecule has 2 atom stereocenters. The SMILES string of the molecule is CC(NCC1(O)CCc2ccccc21)c1ccccc1. The summed E-state index contributed by atoms with van der Waals surface area (Å²) in [6.45, 7) is 2.74. The highest BCUT2D eigenvalue weighted by Gasteiger charge is 2.36. The molecule has 0 saturated heterocycles. The van der Waals surface area contributed by atoms with Crippen molar-refractivity contribution in [1.82, 2.24) is 5.32 Å². The number of hydrogen-bond acceptors (Lipinski definition) is 2. The fourth-order valence-corrected chi connectivity index (χ4v) is 3.03. The standard InChI is InChI=1S/C18H21NO/c1-14(15-7-3-2-4-8-15)19-13-18(20)12-11-16-9-5-6-10-17(16)18/h2-10,14,19-20H,11-13H2,1H3. The predicted octanol–water partition coefficient (Wildman–Crippen LogP) is 3.17. The van der Waals surface area contributed by atoms with Gasteiger partial charge < -0.3 is 10.4 Å². The van der Waals surface area contributed by atoms with Gasteiger partial charge in [0.05, 0.1) is 0 Å². The van der Waals surface area contributed by atoms with Crippen molar-refractivity contribution >= 4 is 0 Å². The van der Waals surface area contributed by atoms with Gasteiger partial charge in [0, 0.05) is 12.6 Å². The van der Waals surface area contributed by atoms with E-state index < -0.39 is 5.60 Å². The Morgan fingerprint density at radius 1 is 1.10 bits per heavy atom. The van der Waals surface area contributed by atoms with Gasteiger partial charge in [0.25, 0.3) is 0 Å². The highest BCUT2D eigenvalue weighted by atomic mass is 16.3. The van der Waals surface area contributed by atoms with Crippen LogP contribution in [0.25, 0.3) is 0 Å². The zero-order valence-corrected chi connectivity index (χ0v) is 11.8. The molecule has 0 spiro atoms. The molecule has 2 aromatic carbocycles. The maximum Gasteiger partial charge on any atom is 0.103 e. The van der Waals surface area contributed by atoms with E-state index in [1.165, 1.54) is 11.1 Å². The van der Waals surface area contributed by atoms with E-state index in [1.54, 1.807) is 0 Å². The molecule has 0 radical (unpaired) electrons. The second-order valence-electron chi connectivity index (χ2n) is 5.70. The lowest BCUT2D eigenvalue weighted by atomic mass is 9.95. The average molecular weight is 267 g/mol. The molecule has 104 valence electrons. The lowest BCUT2D eigenvalue weighted by molar-refractivity contribution is 0.0363. The van der Waals surface area contributed by atoms with E-state index in [2.05, 4.69) is 36.5 Å². The van der Waals surface area contributed by atoms with Crippen LogP contribution in [0.4, 0.5) is 0 Å². The number of rotatable bonds is 4. The zero-order chi connectivity index (χ0) is 14.0. The van der Waals surface area contributed by atoms with Crippen molar-refractivity contribution in [3.63, 3.8) is 0 Å². The Bertz CT molecular complexity index is 581. The van der Waals surface area contributed by atoms with Crippen LogP contribution in [0, 0.1) is 0 Å². The molecular formula is C18H21NO. The number of aryl methyl sites for hydroxylation is 1. The third-order valence-corrected chi connectivity index (χ3v) is 4.33. The topological polar surface area (TPSA) is 32.3 Å². The van der Waals surface area contributed by atoms with Crippen LogP contribution in [-0.4, -0.2) is 11.7 Å². The molecule has 0 aliphatic heterocycles. The molecule has 0 aromatic heterocycles. The Hall–Kier alpha value is -1.64. The molecule has 3 rings (SSSR count). The summed E-state index contributed by atoms with van der Waals surface area (Å²) in [4.78, 5) is 0. The van der Waals surface area contributed by atoms with Crippen LogP contribution in [0.2, 0.25) is 0 Å². The number of hydrogen-bond donors (Lipinski definition) is 2. The lowest BCUT2D eigenvalue weighted by Gasteiger charge is -2.27. The van der Waals surface area contributed by atoms with Crippen LogP contribution in [0.1, 0.15) is 36.1 Å². The van der Waals surface area contributed by atoms with Gasteiger partial charge in [-0.3, -0.25) is 0 Å². The highest BCUT2D eigenvalue weighted by Crippen LogP contribution is 2.36. The van der Waals surface area contributed by atoms with Crippen LogP contribution in [0.5, 0.6) is 0 Å². The summed E-state index contributed by atoms with van der Waals surface area (Å²) in [5.41, 5.74) is 2.90. The summed E-state index contributed by atoms with van der Waals surface area (Å²) in [7, 11) is 0. The smallest absolute Gasteiger partial charge is 0.103 e. The fourth-order valence-electron chi connectivity index (χ4n) is 3.03. The molecule has 0 heterocycles. The van der Waals surface area contributed by atoms with Gasteiger partial charge in [-0.05, 0) is 36.5 Å². The summed E-state index contributed by atoms with van der Waals surface area (Å²) in [5.74, 6) is 0. The van der Waals surface area contributed by atoms with E-state index in [-0.39, 0.29) is 6.04 Å². The summed E-state index contributed by atoms with van der Waals surface area (Å²) in [5, 5.41) is 14.3. The molecule has 0 amide bonds. The van der Waals surface area contributed by atoms with Crippen molar-refractivity contribution in [2.75, 3.05) is 6.54 Å². The second kappa shape index (κ2) is 5.39. The highest BCUT2D eigenvalue weighted by molar-refractivity contribution is 5.37. The molecule has 2 unspecified atom stereocenters. The predicted molar refractivity (Wildman–Crippen MR) is 81.5 cm³/mol. The van der Waals surface area contributed by atoms with E-state index >= 15 is 0 Å². The van der Waals surface area contributed by atoms with Gasteiger partial charge in [0.15, 0.2) is 0 Å². The lowest BCUT2D eigenvalue weighted by Crippen LogP contribution is -2.37. The first-order chi connectivity index (χ1) is 9.69. The third kappa shape index (κ3) is 2.49. The first kappa shape index (κ1) is 13.3. The Morgan fingerprint density at radius 3 is 2.60 bits per heavy atom. The minimum absolute atomic E-state index is 0.244. The van der Waals surface area contributed by atoms with Crippen molar-refractivity contribution < 1.29 is 5.11 Å². The Morgan fingerprint density at radius 2 is 1.80 bits per heavy atom. The fraction of sp³-hybridized carbons (Fsp3) is 0.333. The van der Waals surface area contributed by atoms with Crippen molar-refractivity contribution in [3.8, 4) is 0 Å². The monoisotopic (exact) mass is 267 g/mol. The van der Waals surface area contributed by atoms with Crippen LogP contribution in [0.3, 0.4) is 0 Å².